The van der Waals surface area contributed by atoms with Crippen molar-refractivity contribution in [2.24, 2.45) is 4.99 Å². The van der Waals surface area contributed by atoms with Crippen molar-refractivity contribution in [1.29, 1.82) is 0 Å². The Morgan fingerprint density at radius 3 is 2.33 bits per heavy atom. The first-order chi connectivity index (χ1) is 20.0. The van der Waals surface area contributed by atoms with E-state index in [-0.39, 0.29) is 17.3 Å². The average Bonchev–Trinajstić information content (AvgIpc) is 2.97. The first-order valence-electron chi connectivity index (χ1n) is 13.1. The summed E-state index contributed by atoms with van der Waals surface area (Å²) < 4.78 is 57.0. The lowest BCUT2D eigenvalue weighted by atomic mass is 10.0. The second-order valence-corrected chi connectivity index (χ2v) is 11.4. The minimum Gasteiger partial charge on any atom is -0.480 e. The predicted octanol–water partition coefficient (Wildman–Crippen LogP) is 0.732. The first-order valence-corrected chi connectivity index (χ1v) is 14.6. The molecule has 42 heavy (non-hydrogen) atoms. The summed E-state index contributed by atoms with van der Waals surface area (Å²) in [6, 6.07) is 4.61. The van der Waals surface area contributed by atoms with Gasteiger partial charge in [0.1, 0.15) is 6.04 Å². The number of hydrogen-bond acceptors (Lipinski definition) is 9. The van der Waals surface area contributed by atoms with Gasteiger partial charge in [0.15, 0.2) is 17.6 Å². The molecule has 13 nitrogen and oxygen atoms in total. The lowest BCUT2D eigenvalue weighted by Crippen LogP contribution is -2.50. The summed E-state index contributed by atoms with van der Waals surface area (Å²) in [5.41, 5.74) is -0.869. The summed E-state index contributed by atoms with van der Waals surface area (Å²) >= 11 is 0. The second-order valence-electron chi connectivity index (χ2n) is 9.73. The summed E-state index contributed by atoms with van der Waals surface area (Å²) in [6.07, 6.45) is 2.27. The monoisotopic (exact) mass is 608 g/mol. The van der Waals surface area contributed by atoms with E-state index in [4.69, 9.17) is 5.11 Å². The summed E-state index contributed by atoms with van der Waals surface area (Å²) in [4.78, 5) is 40.9. The largest absolute Gasteiger partial charge is 0.480 e. The molecule has 1 amide bonds. The maximum Gasteiger partial charge on any atom is 0.335 e. The van der Waals surface area contributed by atoms with Gasteiger partial charge in [-0.2, -0.15) is 4.72 Å². The van der Waals surface area contributed by atoms with Crippen LogP contribution in [-0.4, -0.2) is 87.2 Å². The number of sulfonamides is 1. The van der Waals surface area contributed by atoms with Crippen LogP contribution in [0.2, 0.25) is 0 Å². The summed E-state index contributed by atoms with van der Waals surface area (Å²) in [6.45, 7) is 1.67. The Hall–Kier alpha value is -4.31. The van der Waals surface area contributed by atoms with Crippen molar-refractivity contribution in [3.63, 3.8) is 0 Å². The number of hydrogen-bond donors (Lipinski definition) is 6. The summed E-state index contributed by atoms with van der Waals surface area (Å²) in [5.74, 6) is -5.98. The minimum absolute atomic E-state index is 0.0132. The number of nitrogens with zero attached hydrogens (tertiary/aromatic N) is 2. The van der Waals surface area contributed by atoms with Crippen LogP contribution in [0.4, 0.5) is 14.5 Å². The molecule has 2 aliphatic heterocycles. The third-order valence-electron chi connectivity index (χ3n) is 6.85. The van der Waals surface area contributed by atoms with Crippen molar-refractivity contribution < 1.29 is 41.8 Å². The lowest BCUT2D eigenvalue weighted by Gasteiger charge is -2.35. The summed E-state index contributed by atoms with van der Waals surface area (Å²) in [5, 5.41) is 27.0. The van der Waals surface area contributed by atoms with Gasteiger partial charge in [0.25, 0.3) is 5.91 Å². The number of aliphatic imine (C=N–C) groups is 1. The van der Waals surface area contributed by atoms with Gasteiger partial charge in [-0.05, 0) is 55.7 Å². The highest BCUT2D eigenvalue weighted by atomic mass is 32.2. The molecule has 1 atom stereocenters. The highest BCUT2D eigenvalue weighted by molar-refractivity contribution is 7.89. The second kappa shape index (κ2) is 13.1. The number of carboxylic acid groups (broad SMARTS) is 2. The van der Waals surface area contributed by atoms with Crippen LogP contribution < -0.4 is 25.6 Å². The predicted molar refractivity (Wildman–Crippen MR) is 147 cm³/mol. The molecular weight excluding hydrogens is 578 g/mol. The maximum absolute atomic E-state index is 15.0. The van der Waals surface area contributed by atoms with Gasteiger partial charge in [0, 0.05) is 38.8 Å². The zero-order valence-electron chi connectivity index (χ0n) is 22.3. The molecule has 2 aromatic rings. The number of carbonyl (C=O) groups excluding carboxylic acids is 1. The van der Waals surface area contributed by atoms with E-state index in [1.54, 1.807) is 4.90 Å². The third kappa shape index (κ3) is 7.30. The van der Waals surface area contributed by atoms with Crippen molar-refractivity contribution in [3.05, 3.63) is 59.2 Å². The molecule has 2 heterocycles. The number of amides is 1. The van der Waals surface area contributed by atoms with Gasteiger partial charge in [0.05, 0.1) is 21.7 Å². The molecule has 1 fully saturated rings. The minimum atomic E-state index is -4.43. The highest BCUT2D eigenvalue weighted by Gasteiger charge is 2.29. The Kier molecular flexibility index (Phi) is 9.57. The van der Waals surface area contributed by atoms with Gasteiger partial charge >= 0.3 is 11.9 Å². The van der Waals surface area contributed by atoms with E-state index in [9.17, 15) is 32.3 Å². The SMILES string of the molecule is O=C(O)c1ccc(S(=O)(=O)N[C@@H](CNC(=O)c2ccc(N3CCC(NC4=NCCCN4)CC3)c(F)c2F)C(=O)O)cc1. The zero-order valence-corrected chi connectivity index (χ0v) is 23.1. The number of benzene rings is 2. The Morgan fingerprint density at radius 1 is 1.05 bits per heavy atom. The van der Waals surface area contributed by atoms with Crippen LogP contribution in [-0.2, 0) is 14.8 Å². The van der Waals surface area contributed by atoms with E-state index >= 15 is 4.39 Å². The Morgan fingerprint density at radius 2 is 1.74 bits per heavy atom. The van der Waals surface area contributed by atoms with E-state index in [2.05, 4.69) is 20.9 Å². The number of nitrogens with one attached hydrogen (secondary N) is 4. The fourth-order valence-corrected chi connectivity index (χ4v) is 5.74. The van der Waals surface area contributed by atoms with Crippen LogP contribution in [0.3, 0.4) is 0 Å². The fraction of sp³-hybridized carbons (Fsp3) is 0.385. The number of piperidine rings is 1. The molecular formula is C26H30F2N6O7S. The van der Waals surface area contributed by atoms with Gasteiger partial charge < -0.3 is 31.1 Å². The normalized spacial score (nSPS) is 16.6. The van der Waals surface area contributed by atoms with E-state index in [0.29, 0.717) is 25.9 Å². The number of carboxylic acids is 2. The molecule has 0 bridgehead atoms. The Balaban J connectivity index is 1.36. The van der Waals surface area contributed by atoms with E-state index < -0.39 is 62.5 Å². The standard InChI is InChI=1S/C26H30F2N6O7S/c27-21-18(6-7-20(22(21)28)34-12-8-16(9-13-34)32-26-29-10-1-11-30-26)23(35)31-14-19(25(38)39)33-42(40,41)17-4-2-15(3-5-17)24(36)37/h2-7,16,19,33H,1,8-14H2,(H,31,35)(H,36,37)(H,38,39)(H2,29,30,32)/t19-/m0/s1. The molecule has 0 saturated carbocycles. The number of carbonyl (C=O) groups is 3. The smallest absolute Gasteiger partial charge is 0.335 e. The summed E-state index contributed by atoms with van der Waals surface area (Å²) in [7, 11) is -4.43. The molecule has 4 rings (SSSR count). The van der Waals surface area contributed by atoms with Gasteiger partial charge in [-0.25, -0.2) is 22.0 Å². The molecule has 0 aliphatic carbocycles. The number of guanidine groups is 1. The van der Waals surface area contributed by atoms with Crippen LogP contribution >= 0.6 is 0 Å². The Labute approximate surface area is 240 Å². The molecule has 0 aromatic heterocycles. The molecule has 0 radical (unpaired) electrons. The van der Waals surface area contributed by atoms with Crippen molar-refractivity contribution in [2.45, 2.75) is 36.2 Å². The maximum atomic E-state index is 15.0. The average molecular weight is 609 g/mol. The van der Waals surface area contributed by atoms with Crippen LogP contribution in [0.15, 0.2) is 46.3 Å². The van der Waals surface area contributed by atoms with Gasteiger partial charge in [0.2, 0.25) is 10.0 Å². The van der Waals surface area contributed by atoms with Gasteiger partial charge in [-0.15, -0.1) is 0 Å². The zero-order chi connectivity index (χ0) is 30.4. The molecule has 2 aliphatic rings. The van der Waals surface area contributed by atoms with Crippen LogP contribution in [0.1, 0.15) is 40.0 Å². The molecule has 226 valence electrons. The molecule has 2 aromatic carbocycles. The Bertz CT molecular complexity index is 1480. The highest BCUT2D eigenvalue weighted by Crippen LogP contribution is 2.27. The number of aromatic carboxylic acids is 1. The van der Waals surface area contributed by atoms with Crippen LogP contribution in [0, 0.1) is 11.6 Å². The van der Waals surface area contributed by atoms with E-state index in [1.807, 2.05) is 4.72 Å². The van der Waals surface area contributed by atoms with E-state index in [0.717, 1.165) is 55.8 Å². The van der Waals surface area contributed by atoms with E-state index in [1.165, 1.54) is 6.07 Å². The molecule has 1 saturated heterocycles. The van der Waals surface area contributed by atoms with Crippen LogP contribution in [0.5, 0.6) is 0 Å². The number of aliphatic carboxylic acids is 1. The molecule has 16 heteroatoms. The van der Waals surface area contributed by atoms with Gasteiger partial charge in [-0.1, -0.05) is 0 Å². The van der Waals surface area contributed by atoms with Crippen molar-refractivity contribution in [3.8, 4) is 0 Å². The third-order valence-corrected chi connectivity index (χ3v) is 8.34. The van der Waals surface area contributed by atoms with Gasteiger partial charge in [-0.3, -0.25) is 14.6 Å². The van der Waals surface area contributed by atoms with Crippen molar-refractivity contribution >= 4 is 39.5 Å². The number of halogens is 2. The first kappa shape index (κ1) is 30.6. The van der Waals surface area contributed by atoms with Crippen LogP contribution in [0.25, 0.3) is 0 Å². The quantitative estimate of drug-likeness (QED) is 0.224. The lowest BCUT2D eigenvalue weighted by molar-refractivity contribution is -0.138. The molecule has 0 unspecified atom stereocenters. The molecule has 0 spiro atoms. The fourth-order valence-electron chi connectivity index (χ4n) is 4.55. The molecule has 6 N–H and O–H groups in total. The number of anilines is 1. The topological polar surface area (TPSA) is 190 Å². The van der Waals surface area contributed by atoms with Crippen molar-refractivity contribution in [2.75, 3.05) is 37.6 Å². The number of rotatable bonds is 10. The van der Waals surface area contributed by atoms with Crippen molar-refractivity contribution in [1.82, 2.24) is 20.7 Å².